The van der Waals surface area contributed by atoms with Crippen molar-refractivity contribution in [2.24, 2.45) is 0 Å². The number of halogens is 2. The topological polar surface area (TPSA) is 67.4 Å². The lowest BCUT2D eigenvalue weighted by Gasteiger charge is -2.33. The molecule has 23 heavy (non-hydrogen) atoms. The van der Waals surface area contributed by atoms with E-state index in [-0.39, 0.29) is 11.7 Å². The summed E-state index contributed by atoms with van der Waals surface area (Å²) in [5, 5.41) is 3.71. The summed E-state index contributed by atoms with van der Waals surface area (Å²) in [4.78, 5) is 19.9. The Hall–Kier alpha value is -2.29. The number of amides is 1. The fraction of sp³-hybridized carbons (Fsp3) is 0.500. The first-order valence-corrected chi connectivity index (χ1v) is 7.29. The Bertz CT molecular complexity index is 676. The van der Waals surface area contributed by atoms with Gasteiger partial charge in [-0.1, -0.05) is 5.16 Å². The fourth-order valence-electron chi connectivity index (χ4n) is 2.57. The van der Waals surface area contributed by atoms with E-state index >= 15 is 0 Å². The van der Waals surface area contributed by atoms with Gasteiger partial charge in [0, 0.05) is 44.6 Å². The third kappa shape index (κ3) is 3.39. The monoisotopic (exact) mass is 325 g/mol. The lowest BCUT2D eigenvalue weighted by atomic mass is 10.2. The van der Waals surface area contributed by atoms with Gasteiger partial charge in [0.15, 0.2) is 0 Å². The normalized spacial score (nSPS) is 16.3. The van der Waals surface area contributed by atoms with Gasteiger partial charge in [0.05, 0.1) is 12.2 Å². The van der Waals surface area contributed by atoms with Gasteiger partial charge in [0.1, 0.15) is 5.82 Å². The van der Waals surface area contributed by atoms with Crippen LogP contribution in [-0.2, 0) is 6.54 Å². The second kappa shape index (κ2) is 6.45. The zero-order chi connectivity index (χ0) is 16.4. The molecular weight excluding hydrogens is 308 g/mol. The molecule has 0 aromatic carbocycles. The van der Waals surface area contributed by atoms with Crippen LogP contribution in [0.15, 0.2) is 23.0 Å². The van der Waals surface area contributed by atoms with Gasteiger partial charge < -0.3 is 9.42 Å². The molecule has 7 nitrogen and oxygen atoms in total. The van der Waals surface area contributed by atoms with Crippen molar-refractivity contribution in [3.8, 4) is 0 Å². The summed E-state index contributed by atoms with van der Waals surface area (Å²) in [5.41, 5.74) is 0.658. The van der Waals surface area contributed by atoms with Crippen LogP contribution in [0.2, 0.25) is 0 Å². The van der Waals surface area contributed by atoms with E-state index in [9.17, 15) is 13.6 Å². The summed E-state index contributed by atoms with van der Waals surface area (Å²) in [6.45, 7) is 1.70. The molecule has 0 atom stereocenters. The molecule has 1 aliphatic heterocycles. The fourth-order valence-corrected chi connectivity index (χ4v) is 2.57. The van der Waals surface area contributed by atoms with Crippen molar-refractivity contribution in [3.05, 3.63) is 35.7 Å². The Morgan fingerprint density at radius 2 is 2.09 bits per heavy atom. The first kappa shape index (κ1) is 15.6. The van der Waals surface area contributed by atoms with Crippen molar-refractivity contribution in [2.75, 3.05) is 26.2 Å². The number of carbonyl (C=O) groups excluding carboxylic acids is 1. The van der Waals surface area contributed by atoms with E-state index in [0.717, 1.165) is 4.57 Å². The van der Waals surface area contributed by atoms with Gasteiger partial charge in [-0.05, 0) is 6.92 Å². The molecule has 124 valence electrons. The van der Waals surface area contributed by atoms with Crippen LogP contribution in [0.3, 0.4) is 0 Å². The zero-order valence-electron chi connectivity index (χ0n) is 12.7. The molecule has 1 saturated heterocycles. The average Bonchev–Trinajstić information content (AvgIpc) is 3.16. The number of aromatic nitrogens is 3. The molecule has 1 amide bonds. The molecule has 0 bridgehead atoms. The Kier molecular flexibility index (Phi) is 4.37. The van der Waals surface area contributed by atoms with E-state index in [1.807, 2.05) is 4.90 Å². The number of aryl methyl sites for hydroxylation is 1. The zero-order valence-corrected chi connectivity index (χ0v) is 12.7. The summed E-state index contributed by atoms with van der Waals surface area (Å²) >= 11 is 0. The first-order valence-electron chi connectivity index (χ1n) is 7.29. The van der Waals surface area contributed by atoms with Crippen LogP contribution in [0.5, 0.6) is 0 Å². The highest BCUT2D eigenvalue weighted by atomic mass is 19.3. The third-order valence-electron chi connectivity index (χ3n) is 3.82. The quantitative estimate of drug-likeness (QED) is 0.853. The van der Waals surface area contributed by atoms with Gasteiger partial charge >= 0.3 is 6.55 Å². The number of piperazine rings is 1. The summed E-state index contributed by atoms with van der Waals surface area (Å²) < 4.78 is 31.5. The molecule has 1 fully saturated rings. The van der Waals surface area contributed by atoms with Gasteiger partial charge in [-0.3, -0.25) is 14.3 Å². The Balaban J connectivity index is 1.56. The van der Waals surface area contributed by atoms with Crippen molar-refractivity contribution in [1.29, 1.82) is 0 Å². The number of imidazole rings is 1. The number of nitrogens with zero attached hydrogens (tertiary/aromatic N) is 5. The summed E-state index contributed by atoms with van der Waals surface area (Å²) in [7, 11) is 0. The maximum absolute atomic E-state index is 12.8. The third-order valence-corrected chi connectivity index (χ3v) is 3.82. The van der Waals surface area contributed by atoms with Crippen LogP contribution >= 0.6 is 0 Å². The molecule has 0 aliphatic carbocycles. The van der Waals surface area contributed by atoms with Gasteiger partial charge in [-0.15, -0.1) is 0 Å². The van der Waals surface area contributed by atoms with E-state index < -0.39 is 6.55 Å². The van der Waals surface area contributed by atoms with E-state index in [4.69, 9.17) is 4.52 Å². The van der Waals surface area contributed by atoms with Crippen LogP contribution in [0, 0.1) is 6.92 Å². The van der Waals surface area contributed by atoms with Crippen LogP contribution in [0.1, 0.15) is 28.6 Å². The van der Waals surface area contributed by atoms with Crippen LogP contribution in [0.4, 0.5) is 8.78 Å². The average molecular weight is 325 g/mol. The lowest BCUT2D eigenvalue weighted by molar-refractivity contribution is 0.0533. The molecule has 0 saturated carbocycles. The number of alkyl halides is 2. The summed E-state index contributed by atoms with van der Waals surface area (Å²) in [6.07, 6.45) is 2.64. The van der Waals surface area contributed by atoms with E-state index in [2.05, 4.69) is 10.1 Å². The highest BCUT2D eigenvalue weighted by Crippen LogP contribution is 2.16. The van der Waals surface area contributed by atoms with Gasteiger partial charge in [-0.25, -0.2) is 4.98 Å². The smallest absolute Gasteiger partial charge is 0.319 e. The maximum Gasteiger partial charge on any atom is 0.319 e. The predicted molar refractivity (Wildman–Crippen MR) is 75.9 cm³/mol. The van der Waals surface area contributed by atoms with E-state index in [1.54, 1.807) is 17.9 Å². The van der Waals surface area contributed by atoms with E-state index in [0.29, 0.717) is 44.2 Å². The van der Waals surface area contributed by atoms with Crippen molar-refractivity contribution >= 4 is 5.91 Å². The lowest BCUT2D eigenvalue weighted by Crippen LogP contribution is -2.48. The molecule has 0 spiro atoms. The highest BCUT2D eigenvalue weighted by Gasteiger charge is 2.25. The molecule has 0 unspecified atom stereocenters. The number of hydrogen-bond acceptors (Lipinski definition) is 5. The largest absolute Gasteiger partial charge is 0.351 e. The van der Waals surface area contributed by atoms with Gasteiger partial charge in [0.2, 0.25) is 5.76 Å². The minimum absolute atomic E-state index is 0.195. The Morgan fingerprint density at radius 3 is 2.70 bits per heavy atom. The van der Waals surface area contributed by atoms with Crippen molar-refractivity contribution in [1.82, 2.24) is 24.5 Å². The standard InChI is InChI=1S/C14H17F2N5O2/c1-10-8-11(23-18-10)13(22)20-6-4-19(5-7-20)9-12-17-2-3-21(12)14(15)16/h2-3,8,14H,4-7,9H2,1H3. The Morgan fingerprint density at radius 1 is 1.35 bits per heavy atom. The molecule has 9 heteroatoms. The summed E-state index contributed by atoms with van der Waals surface area (Å²) in [5.74, 6) is 0.356. The van der Waals surface area contributed by atoms with Crippen LogP contribution < -0.4 is 0 Å². The van der Waals surface area contributed by atoms with Gasteiger partial charge in [-0.2, -0.15) is 8.78 Å². The van der Waals surface area contributed by atoms with Crippen molar-refractivity contribution < 1.29 is 18.1 Å². The number of rotatable bonds is 4. The molecule has 0 radical (unpaired) electrons. The van der Waals surface area contributed by atoms with Crippen LogP contribution in [0.25, 0.3) is 0 Å². The van der Waals surface area contributed by atoms with Crippen molar-refractivity contribution in [2.45, 2.75) is 20.0 Å². The minimum atomic E-state index is -2.59. The van der Waals surface area contributed by atoms with Crippen LogP contribution in [-0.4, -0.2) is 56.6 Å². The first-order chi connectivity index (χ1) is 11.0. The molecule has 0 N–H and O–H groups in total. The molecule has 3 rings (SSSR count). The molecule has 2 aromatic rings. The maximum atomic E-state index is 12.8. The second-order valence-electron chi connectivity index (χ2n) is 5.43. The molecule has 3 heterocycles. The number of hydrogen-bond donors (Lipinski definition) is 0. The van der Waals surface area contributed by atoms with E-state index in [1.165, 1.54) is 12.4 Å². The molecule has 2 aromatic heterocycles. The molecular formula is C14H17F2N5O2. The summed E-state index contributed by atoms with van der Waals surface area (Å²) in [6, 6.07) is 1.61. The number of carbonyl (C=O) groups is 1. The highest BCUT2D eigenvalue weighted by molar-refractivity contribution is 5.91. The predicted octanol–water partition coefficient (Wildman–Crippen LogP) is 1.53. The molecule has 1 aliphatic rings. The minimum Gasteiger partial charge on any atom is -0.351 e. The Labute approximate surface area is 131 Å². The van der Waals surface area contributed by atoms with Gasteiger partial charge in [0.25, 0.3) is 5.91 Å². The van der Waals surface area contributed by atoms with Crippen molar-refractivity contribution in [3.63, 3.8) is 0 Å². The second-order valence-corrected chi connectivity index (χ2v) is 5.43. The SMILES string of the molecule is Cc1cc(C(=O)N2CCN(Cc3nccn3C(F)F)CC2)on1.